The predicted octanol–water partition coefficient (Wildman–Crippen LogP) is 3.31. The summed E-state index contributed by atoms with van der Waals surface area (Å²) in [6, 6.07) is 12.6. The van der Waals surface area contributed by atoms with E-state index in [1.165, 1.54) is 12.1 Å². The van der Waals surface area contributed by atoms with Crippen molar-refractivity contribution in [2.45, 2.75) is 38.9 Å². The van der Waals surface area contributed by atoms with Crippen molar-refractivity contribution in [1.29, 1.82) is 0 Å². The summed E-state index contributed by atoms with van der Waals surface area (Å²) in [6.45, 7) is 3.32. The lowest BCUT2D eigenvalue weighted by Gasteiger charge is -2.22. The second-order valence-electron chi connectivity index (χ2n) is 6.73. The first kappa shape index (κ1) is 16.0. The summed E-state index contributed by atoms with van der Waals surface area (Å²) in [5, 5.41) is 0. The minimum atomic E-state index is -0.221. The van der Waals surface area contributed by atoms with E-state index in [9.17, 15) is 9.18 Å². The van der Waals surface area contributed by atoms with Crippen LogP contribution in [0.3, 0.4) is 0 Å². The van der Waals surface area contributed by atoms with Gasteiger partial charge in [0.05, 0.1) is 5.69 Å². The van der Waals surface area contributed by atoms with Gasteiger partial charge in [-0.3, -0.25) is 14.1 Å². The monoisotopic (exact) mass is 337 g/mol. The van der Waals surface area contributed by atoms with E-state index in [0.717, 1.165) is 36.2 Å². The normalized spacial score (nSPS) is 14.4. The van der Waals surface area contributed by atoms with Crippen molar-refractivity contribution in [2.75, 3.05) is 0 Å². The second-order valence-corrected chi connectivity index (χ2v) is 6.73. The van der Waals surface area contributed by atoms with E-state index >= 15 is 0 Å². The number of pyridine rings is 1. The summed E-state index contributed by atoms with van der Waals surface area (Å²) >= 11 is 0. The Kier molecular flexibility index (Phi) is 4.09. The van der Waals surface area contributed by atoms with E-state index in [4.69, 9.17) is 4.98 Å². The predicted molar refractivity (Wildman–Crippen MR) is 94.9 cm³/mol. The molecule has 4 nitrogen and oxygen atoms in total. The Labute approximate surface area is 145 Å². The molecule has 0 N–H and O–H groups in total. The lowest BCUT2D eigenvalue weighted by molar-refractivity contribution is 0.242. The summed E-state index contributed by atoms with van der Waals surface area (Å²) in [7, 11) is 0. The van der Waals surface area contributed by atoms with Crippen LogP contribution in [0.4, 0.5) is 4.39 Å². The number of rotatable bonds is 5. The van der Waals surface area contributed by atoms with E-state index in [-0.39, 0.29) is 11.4 Å². The molecule has 128 valence electrons. The van der Waals surface area contributed by atoms with Gasteiger partial charge in [-0.1, -0.05) is 18.2 Å². The molecule has 1 saturated carbocycles. The third kappa shape index (κ3) is 3.46. The number of benzene rings is 1. The van der Waals surface area contributed by atoms with Crippen LogP contribution in [0.25, 0.3) is 5.65 Å². The van der Waals surface area contributed by atoms with Gasteiger partial charge in [-0.25, -0.2) is 9.37 Å². The van der Waals surface area contributed by atoms with Crippen molar-refractivity contribution >= 4 is 5.65 Å². The van der Waals surface area contributed by atoms with Crippen LogP contribution in [-0.4, -0.2) is 20.3 Å². The van der Waals surface area contributed by atoms with Crippen LogP contribution in [0, 0.1) is 12.7 Å². The molecule has 3 aromatic rings. The minimum absolute atomic E-state index is 0.0544. The smallest absolute Gasteiger partial charge is 0.258 e. The first-order valence-corrected chi connectivity index (χ1v) is 8.56. The fourth-order valence-electron chi connectivity index (χ4n) is 3.18. The Morgan fingerprint density at radius 2 is 1.96 bits per heavy atom. The van der Waals surface area contributed by atoms with Crippen molar-refractivity contribution in [3.63, 3.8) is 0 Å². The average Bonchev–Trinajstić information content (AvgIpc) is 3.42. The molecule has 4 rings (SSSR count). The maximum atomic E-state index is 13.1. The zero-order chi connectivity index (χ0) is 17.4. The van der Waals surface area contributed by atoms with Crippen LogP contribution in [0.15, 0.2) is 53.5 Å². The molecule has 0 spiro atoms. The molecule has 25 heavy (non-hydrogen) atoms. The maximum Gasteiger partial charge on any atom is 0.258 e. The molecule has 0 bridgehead atoms. The summed E-state index contributed by atoms with van der Waals surface area (Å²) in [4.78, 5) is 19.4. The van der Waals surface area contributed by atoms with E-state index in [2.05, 4.69) is 4.90 Å². The molecule has 1 aliphatic rings. The zero-order valence-corrected chi connectivity index (χ0v) is 14.2. The largest absolute Gasteiger partial charge is 0.290 e. The second kappa shape index (κ2) is 6.41. The molecule has 0 unspecified atom stereocenters. The van der Waals surface area contributed by atoms with Crippen molar-refractivity contribution < 1.29 is 4.39 Å². The van der Waals surface area contributed by atoms with Gasteiger partial charge in [0.2, 0.25) is 0 Å². The molecule has 0 saturated heterocycles. The van der Waals surface area contributed by atoms with Gasteiger partial charge >= 0.3 is 0 Å². The molecule has 0 amide bonds. The third-order valence-electron chi connectivity index (χ3n) is 4.67. The fraction of sp³-hybridized carbons (Fsp3) is 0.300. The molecule has 1 aliphatic carbocycles. The maximum absolute atomic E-state index is 13.1. The highest BCUT2D eigenvalue weighted by Crippen LogP contribution is 2.29. The molecule has 1 aromatic carbocycles. The SMILES string of the molecule is Cc1cccn2c(=O)cc(CN(Cc3ccc(F)cc3)C3CC3)nc12. The number of aryl methyl sites for hydroxylation is 1. The molecular formula is C20H20FN3O. The van der Waals surface area contributed by atoms with Crippen LogP contribution in [0.1, 0.15) is 29.7 Å². The van der Waals surface area contributed by atoms with Crippen LogP contribution >= 0.6 is 0 Å². The number of hydrogen-bond donors (Lipinski definition) is 0. The highest BCUT2D eigenvalue weighted by molar-refractivity contribution is 5.46. The van der Waals surface area contributed by atoms with Crippen LogP contribution in [0.2, 0.25) is 0 Å². The Morgan fingerprint density at radius 3 is 2.68 bits per heavy atom. The summed E-state index contributed by atoms with van der Waals surface area (Å²) in [5.41, 5.74) is 3.50. The first-order valence-electron chi connectivity index (χ1n) is 8.56. The summed E-state index contributed by atoms with van der Waals surface area (Å²) < 4.78 is 14.7. The van der Waals surface area contributed by atoms with Gasteiger partial charge in [0, 0.05) is 31.4 Å². The highest BCUT2D eigenvalue weighted by Gasteiger charge is 2.29. The molecule has 0 atom stereocenters. The van der Waals surface area contributed by atoms with Crippen molar-refractivity contribution in [2.24, 2.45) is 0 Å². The average molecular weight is 337 g/mol. The van der Waals surface area contributed by atoms with Crippen molar-refractivity contribution in [1.82, 2.24) is 14.3 Å². The summed E-state index contributed by atoms with van der Waals surface area (Å²) in [5.74, 6) is -0.221. The number of aromatic nitrogens is 2. The van der Waals surface area contributed by atoms with Crippen molar-refractivity contribution in [3.05, 3.63) is 81.7 Å². The Bertz CT molecular complexity index is 961. The Hall–Kier alpha value is -2.53. The van der Waals surface area contributed by atoms with Crippen LogP contribution in [-0.2, 0) is 13.1 Å². The van der Waals surface area contributed by atoms with Crippen LogP contribution in [0.5, 0.6) is 0 Å². The summed E-state index contributed by atoms with van der Waals surface area (Å²) in [6.07, 6.45) is 4.07. The highest BCUT2D eigenvalue weighted by atomic mass is 19.1. The number of nitrogens with zero attached hydrogens (tertiary/aromatic N) is 3. The molecule has 2 heterocycles. The molecule has 5 heteroatoms. The molecule has 1 fully saturated rings. The quantitative estimate of drug-likeness (QED) is 0.717. The van der Waals surface area contributed by atoms with Gasteiger partial charge < -0.3 is 0 Å². The standard InChI is InChI=1S/C20H20FN3O/c1-14-3-2-10-24-19(25)11-17(22-20(14)24)13-23(18-8-9-18)12-15-4-6-16(21)7-5-15/h2-7,10-11,18H,8-9,12-13H2,1H3. The van der Waals surface area contributed by atoms with Gasteiger partial charge in [0.25, 0.3) is 5.56 Å². The lowest BCUT2D eigenvalue weighted by Crippen LogP contribution is -2.27. The van der Waals surface area contributed by atoms with Gasteiger partial charge in [0.15, 0.2) is 0 Å². The van der Waals surface area contributed by atoms with Crippen molar-refractivity contribution in [3.8, 4) is 0 Å². The first-order chi connectivity index (χ1) is 12.1. The van der Waals surface area contributed by atoms with Gasteiger partial charge in [0.1, 0.15) is 11.5 Å². The molecular weight excluding hydrogens is 317 g/mol. The van der Waals surface area contributed by atoms with E-state index < -0.39 is 0 Å². The Morgan fingerprint density at radius 1 is 1.20 bits per heavy atom. The van der Waals surface area contributed by atoms with Crippen LogP contribution < -0.4 is 5.56 Å². The number of hydrogen-bond acceptors (Lipinski definition) is 3. The number of halogens is 1. The number of fused-ring (bicyclic) bond motifs is 1. The lowest BCUT2D eigenvalue weighted by atomic mass is 10.2. The van der Waals surface area contributed by atoms with Gasteiger partial charge in [-0.2, -0.15) is 0 Å². The van der Waals surface area contributed by atoms with E-state index in [1.54, 1.807) is 16.7 Å². The molecule has 0 radical (unpaired) electrons. The third-order valence-corrected chi connectivity index (χ3v) is 4.67. The fourth-order valence-corrected chi connectivity index (χ4v) is 3.18. The molecule has 0 aliphatic heterocycles. The molecule has 2 aromatic heterocycles. The van der Waals surface area contributed by atoms with E-state index in [0.29, 0.717) is 18.2 Å². The minimum Gasteiger partial charge on any atom is -0.290 e. The van der Waals surface area contributed by atoms with Gasteiger partial charge in [-0.15, -0.1) is 0 Å². The Balaban J connectivity index is 1.62. The zero-order valence-electron chi connectivity index (χ0n) is 14.2. The van der Waals surface area contributed by atoms with E-state index in [1.807, 2.05) is 31.2 Å². The topological polar surface area (TPSA) is 37.6 Å². The van der Waals surface area contributed by atoms with Gasteiger partial charge in [-0.05, 0) is 49.1 Å².